The molecule has 1 aliphatic rings. The maximum Gasteiger partial charge on any atom is 0.239 e. The number of hydrogen-bond donors (Lipinski definition) is 3. The van der Waals surface area contributed by atoms with Gasteiger partial charge in [0.1, 0.15) is 0 Å². The third-order valence-corrected chi connectivity index (χ3v) is 3.57. The Hall–Kier alpha value is -1.10. The highest BCUT2D eigenvalue weighted by Gasteiger charge is 2.33. The summed E-state index contributed by atoms with van der Waals surface area (Å²) in [6.07, 6.45) is 3.91. The average Bonchev–Trinajstić information content (AvgIpc) is 2.33. The Morgan fingerprint density at radius 1 is 1.28 bits per heavy atom. The van der Waals surface area contributed by atoms with Crippen molar-refractivity contribution in [3.63, 3.8) is 0 Å². The molecule has 0 aromatic heterocycles. The molecule has 1 saturated carbocycles. The molecule has 0 radical (unpaired) electrons. The van der Waals surface area contributed by atoms with Gasteiger partial charge in [0.15, 0.2) is 0 Å². The van der Waals surface area contributed by atoms with Gasteiger partial charge >= 0.3 is 0 Å². The summed E-state index contributed by atoms with van der Waals surface area (Å²) < 4.78 is 0. The van der Waals surface area contributed by atoms with Crippen LogP contribution in [0.5, 0.6) is 0 Å². The van der Waals surface area contributed by atoms with Crippen molar-refractivity contribution in [3.05, 3.63) is 0 Å². The van der Waals surface area contributed by atoms with Gasteiger partial charge in [-0.1, -0.05) is 20.3 Å². The van der Waals surface area contributed by atoms with E-state index in [0.717, 1.165) is 25.7 Å². The normalized spacial score (nSPS) is 27.6. The van der Waals surface area contributed by atoms with Crippen molar-refractivity contribution >= 4 is 11.8 Å². The van der Waals surface area contributed by atoms with E-state index in [4.69, 9.17) is 5.73 Å². The molecule has 0 heterocycles. The third kappa shape index (κ3) is 4.29. The first kappa shape index (κ1) is 15.0. The maximum absolute atomic E-state index is 12.0. The summed E-state index contributed by atoms with van der Waals surface area (Å²) in [5.41, 5.74) is 6.00. The van der Waals surface area contributed by atoms with E-state index in [9.17, 15) is 9.59 Å². The molecule has 1 aliphatic carbocycles. The minimum atomic E-state index is -0.155. The van der Waals surface area contributed by atoms with Crippen LogP contribution in [0.3, 0.4) is 0 Å². The Balaban J connectivity index is 2.37. The highest BCUT2D eigenvalue weighted by Crippen LogP contribution is 2.28. The lowest BCUT2D eigenvalue weighted by Gasteiger charge is -2.33. The van der Waals surface area contributed by atoms with Crippen LogP contribution in [0.2, 0.25) is 0 Å². The molecule has 0 bridgehead atoms. The fourth-order valence-electron chi connectivity index (χ4n) is 2.52. The largest absolute Gasteiger partial charge is 0.355 e. The lowest BCUT2D eigenvalue weighted by molar-refractivity contribution is -0.131. The van der Waals surface area contributed by atoms with Crippen LogP contribution >= 0.6 is 0 Å². The first-order valence-corrected chi connectivity index (χ1v) is 6.86. The van der Waals surface area contributed by atoms with Gasteiger partial charge in [0.05, 0.1) is 12.5 Å². The number of rotatable bonds is 5. The molecule has 104 valence electrons. The molecule has 1 fully saturated rings. The highest BCUT2D eigenvalue weighted by molar-refractivity contribution is 5.86. The molecule has 0 aliphatic heterocycles. The van der Waals surface area contributed by atoms with Crippen LogP contribution in [-0.2, 0) is 9.59 Å². The second kappa shape index (κ2) is 7.36. The monoisotopic (exact) mass is 255 g/mol. The van der Waals surface area contributed by atoms with E-state index in [1.54, 1.807) is 0 Å². The van der Waals surface area contributed by atoms with Gasteiger partial charge in [-0.05, 0) is 25.2 Å². The van der Waals surface area contributed by atoms with Crippen molar-refractivity contribution in [2.75, 3.05) is 13.1 Å². The Morgan fingerprint density at radius 3 is 2.61 bits per heavy atom. The van der Waals surface area contributed by atoms with Crippen molar-refractivity contribution in [1.82, 2.24) is 10.6 Å². The van der Waals surface area contributed by atoms with Crippen LogP contribution in [0.4, 0.5) is 0 Å². The fraction of sp³-hybridized carbons (Fsp3) is 0.846. The topological polar surface area (TPSA) is 84.2 Å². The Kier molecular flexibility index (Phi) is 6.12. The molecule has 0 aromatic rings. The lowest BCUT2D eigenvalue weighted by atomic mass is 9.76. The van der Waals surface area contributed by atoms with Gasteiger partial charge < -0.3 is 16.4 Å². The van der Waals surface area contributed by atoms with Crippen LogP contribution in [0.25, 0.3) is 0 Å². The molecule has 4 N–H and O–H groups in total. The van der Waals surface area contributed by atoms with Crippen LogP contribution in [0.15, 0.2) is 0 Å². The van der Waals surface area contributed by atoms with E-state index in [1.165, 1.54) is 0 Å². The summed E-state index contributed by atoms with van der Waals surface area (Å²) in [6, 6.07) is -0.0764. The molecule has 18 heavy (non-hydrogen) atoms. The predicted octanol–water partition coefficient (Wildman–Crippen LogP) is 0.392. The third-order valence-electron chi connectivity index (χ3n) is 3.57. The first-order valence-electron chi connectivity index (χ1n) is 6.86. The molecule has 1 rings (SSSR count). The van der Waals surface area contributed by atoms with E-state index in [2.05, 4.69) is 17.6 Å². The number of hydrogen-bond acceptors (Lipinski definition) is 3. The van der Waals surface area contributed by atoms with Gasteiger partial charge in [-0.15, -0.1) is 0 Å². The number of carbonyl (C=O) groups excluding carboxylic acids is 2. The molecule has 5 nitrogen and oxygen atoms in total. The summed E-state index contributed by atoms with van der Waals surface area (Å²) in [6.45, 7) is 4.74. The molecule has 0 spiro atoms. The van der Waals surface area contributed by atoms with Gasteiger partial charge in [-0.3, -0.25) is 9.59 Å². The summed E-state index contributed by atoms with van der Waals surface area (Å²) in [5, 5.41) is 5.42. The van der Waals surface area contributed by atoms with Crippen LogP contribution in [0.1, 0.15) is 39.5 Å². The molecule has 2 amide bonds. The standard InChI is InChI=1S/C13H25N3O2/c1-3-7-15-11(17)8-16-13(18)12-9(2)5-4-6-10(12)14/h9-10,12H,3-8,14H2,1-2H3,(H,15,17)(H,16,18). The first-order chi connectivity index (χ1) is 8.56. The molecule has 0 saturated heterocycles. The maximum atomic E-state index is 12.0. The molecule has 5 heteroatoms. The summed E-state index contributed by atoms with van der Waals surface area (Å²) >= 11 is 0. The molecular formula is C13H25N3O2. The van der Waals surface area contributed by atoms with Gasteiger partial charge in [-0.2, -0.15) is 0 Å². The van der Waals surface area contributed by atoms with Crippen LogP contribution in [-0.4, -0.2) is 30.9 Å². The second-order valence-electron chi connectivity index (χ2n) is 5.17. The van der Waals surface area contributed by atoms with E-state index in [0.29, 0.717) is 12.5 Å². The average molecular weight is 255 g/mol. The Morgan fingerprint density at radius 2 is 2.00 bits per heavy atom. The number of nitrogens with one attached hydrogen (secondary N) is 2. The van der Waals surface area contributed by atoms with E-state index >= 15 is 0 Å². The van der Waals surface area contributed by atoms with Gasteiger partial charge in [0, 0.05) is 12.6 Å². The second-order valence-corrected chi connectivity index (χ2v) is 5.17. The van der Waals surface area contributed by atoms with E-state index in [-0.39, 0.29) is 30.3 Å². The van der Waals surface area contributed by atoms with E-state index in [1.807, 2.05) is 6.92 Å². The van der Waals surface area contributed by atoms with Crippen molar-refractivity contribution in [2.45, 2.75) is 45.6 Å². The summed E-state index contributed by atoms with van der Waals surface area (Å²) in [7, 11) is 0. The SMILES string of the molecule is CCCNC(=O)CNC(=O)C1C(C)CCCC1N. The Bertz CT molecular complexity index is 284. The van der Waals surface area contributed by atoms with Gasteiger partial charge in [0.25, 0.3) is 0 Å². The van der Waals surface area contributed by atoms with Crippen molar-refractivity contribution < 1.29 is 9.59 Å². The molecular weight excluding hydrogens is 230 g/mol. The van der Waals surface area contributed by atoms with Gasteiger partial charge in [0.2, 0.25) is 11.8 Å². The smallest absolute Gasteiger partial charge is 0.239 e. The number of carbonyl (C=O) groups is 2. The highest BCUT2D eigenvalue weighted by atomic mass is 16.2. The molecule has 3 atom stereocenters. The van der Waals surface area contributed by atoms with Gasteiger partial charge in [-0.25, -0.2) is 0 Å². The van der Waals surface area contributed by atoms with Crippen molar-refractivity contribution in [1.29, 1.82) is 0 Å². The number of amides is 2. The lowest BCUT2D eigenvalue weighted by Crippen LogP contribution is -2.49. The predicted molar refractivity (Wildman–Crippen MR) is 70.8 cm³/mol. The quantitative estimate of drug-likeness (QED) is 0.664. The zero-order valence-corrected chi connectivity index (χ0v) is 11.4. The fourth-order valence-corrected chi connectivity index (χ4v) is 2.52. The van der Waals surface area contributed by atoms with Crippen molar-refractivity contribution in [3.8, 4) is 0 Å². The summed E-state index contributed by atoms with van der Waals surface area (Å²) in [4.78, 5) is 23.4. The molecule has 0 aromatic carbocycles. The molecule has 3 unspecified atom stereocenters. The minimum Gasteiger partial charge on any atom is -0.355 e. The minimum absolute atomic E-state index is 0.0504. The van der Waals surface area contributed by atoms with Crippen LogP contribution < -0.4 is 16.4 Å². The van der Waals surface area contributed by atoms with Crippen molar-refractivity contribution in [2.24, 2.45) is 17.6 Å². The Labute approximate surface area is 109 Å². The van der Waals surface area contributed by atoms with E-state index < -0.39 is 0 Å². The number of nitrogens with two attached hydrogens (primary N) is 1. The van der Waals surface area contributed by atoms with Crippen LogP contribution in [0, 0.1) is 11.8 Å². The zero-order chi connectivity index (χ0) is 13.5. The summed E-state index contributed by atoms with van der Waals surface area (Å²) in [5.74, 6) is -0.0752. The zero-order valence-electron chi connectivity index (χ0n) is 11.4.